The van der Waals surface area contributed by atoms with Crippen molar-refractivity contribution in [1.29, 1.82) is 0 Å². The molecule has 0 N–H and O–H groups in total. The van der Waals surface area contributed by atoms with E-state index in [4.69, 9.17) is 4.18 Å². The third kappa shape index (κ3) is 3.94. The highest BCUT2D eigenvalue weighted by Gasteiger charge is 2.39. The fraction of sp³-hybridized carbons (Fsp3) is 0.0385. The molecule has 0 saturated heterocycles. The van der Waals surface area contributed by atoms with Crippen molar-refractivity contribution in [2.45, 2.75) is 21.6 Å². The van der Waals surface area contributed by atoms with Gasteiger partial charge in [0.25, 0.3) is 0 Å². The van der Waals surface area contributed by atoms with Crippen molar-refractivity contribution in [2.75, 3.05) is 0 Å². The predicted octanol–water partition coefficient (Wildman–Crippen LogP) is 7.74. The second kappa shape index (κ2) is 9.30. The van der Waals surface area contributed by atoms with E-state index in [0.29, 0.717) is 14.7 Å². The lowest BCUT2D eigenvalue weighted by molar-refractivity contribution is 0.0743. The van der Waals surface area contributed by atoms with Gasteiger partial charge in [0, 0.05) is 14.7 Å². The van der Waals surface area contributed by atoms with Crippen LogP contribution in [-0.4, -0.2) is 5.97 Å². The Morgan fingerprint density at radius 2 is 0.971 bits per heavy atom. The lowest BCUT2D eigenvalue weighted by atomic mass is 10.1. The molecular formula is C26H17F5O2S. The van der Waals surface area contributed by atoms with Crippen molar-refractivity contribution in [2.24, 2.45) is 0 Å². The predicted molar refractivity (Wildman–Crippen MR) is 118 cm³/mol. The highest BCUT2D eigenvalue weighted by atomic mass is 32.3. The molecule has 0 aliphatic rings. The Balaban J connectivity index is 2.00. The molecule has 0 spiro atoms. The van der Waals surface area contributed by atoms with Gasteiger partial charge in [-0.15, -0.1) is 0 Å². The summed E-state index contributed by atoms with van der Waals surface area (Å²) in [6.07, 6.45) is 0. The van der Waals surface area contributed by atoms with Crippen LogP contribution in [0, 0.1) is 36.0 Å². The maximum Gasteiger partial charge on any atom is 0.355 e. The minimum atomic E-state index is -2.99. The lowest BCUT2D eigenvalue weighted by Gasteiger charge is -2.39. The van der Waals surface area contributed by atoms with E-state index in [1.54, 1.807) is 84.9 Å². The molecule has 34 heavy (non-hydrogen) atoms. The highest BCUT2D eigenvalue weighted by Crippen LogP contribution is 2.69. The van der Waals surface area contributed by atoms with Crippen LogP contribution in [0.1, 0.15) is 15.9 Å². The Hall–Kier alpha value is -3.65. The van der Waals surface area contributed by atoms with Crippen LogP contribution < -0.4 is 0 Å². The summed E-state index contributed by atoms with van der Waals surface area (Å²) in [4.78, 5) is 14.6. The van der Waals surface area contributed by atoms with Crippen LogP contribution in [0.2, 0.25) is 0 Å². The molecular weight excluding hydrogens is 471 g/mol. The minimum absolute atomic E-state index is 0.488. The van der Waals surface area contributed by atoms with E-state index in [9.17, 15) is 26.7 Å². The zero-order chi connectivity index (χ0) is 24.5. The van der Waals surface area contributed by atoms with E-state index in [1.165, 1.54) is 0 Å². The average molecular weight is 488 g/mol. The first-order valence-electron chi connectivity index (χ1n) is 10.0. The number of hydrogen-bond donors (Lipinski definition) is 0. The summed E-state index contributed by atoms with van der Waals surface area (Å²) in [6.45, 7) is 1.85. The first kappa shape index (κ1) is 23.5. The van der Waals surface area contributed by atoms with Gasteiger partial charge in [-0.3, -0.25) is 0 Å². The van der Waals surface area contributed by atoms with E-state index in [1.807, 2.05) is 6.92 Å². The smallest absolute Gasteiger partial charge is 0.355 e. The van der Waals surface area contributed by atoms with Gasteiger partial charge in [0.2, 0.25) is 5.82 Å². The molecule has 4 aromatic rings. The first-order chi connectivity index (χ1) is 16.3. The largest absolute Gasteiger partial charge is 0.398 e. The Morgan fingerprint density at radius 1 is 0.588 bits per heavy atom. The van der Waals surface area contributed by atoms with Gasteiger partial charge in [0.1, 0.15) is 5.56 Å². The summed E-state index contributed by atoms with van der Waals surface area (Å²) in [7, 11) is -2.99. The first-order valence-corrected chi connectivity index (χ1v) is 11.6. The molecule has 0 radical (unpaired) electrons. The van der Waals surface area contributed by atoms with Crippen molar-refractivity contribution in [3.63, 3.8) is 0 Å². The van der Waals surface area contributed by atoms with Crippen LogP contribution in [-0.2, 0) is 4.18 Å². The molecule has 4 rings (SSSR count). The summed E-state index contributed by atoms with van der Waals surface area (Å²) in [6, 6.07) is 23.9. The van der Waals surface area contributed by atoms with Crippen molar-refractivity contribution < 1.29 is 30.9 Å². The van der Waals surface area contributed by atoms with Gasteiger partial charge in [0.05, 0.1) is 0 Å². The minimum Gasteiger partial charge on any atom is -0.398 e. The molecule has 8 heteroatoms. The Kier molecular flexibility index (Phi) is 6.43. The number of hydrogen-bond acceptors (Lipinski definition) is 2. The molecule has 0 heterocycles. The summed E-state index contributed by atoms with van der Waals surface area (Å²) in [5.41, 5.74) is -0.739. The molecule has 0 bridgehead atoms. The molecule has 0 unspecified atom stereocenters. The Morgan fingerprint density at radius 3 is 1.41 bits per heavy atom. The van der Waals surface area contributed by atoms with E-state index < -0.39 is 50.9 Å². The molecule has 0 aromatic heterocycles. The highest BCUT2D eigenvalue weighted by molar-refractivity contribution is 8.30. The van der Waals surface area contributed by atoms with Crippen LogP contribution >= 0.6 is 10.3 Å². The van der Waals surface area contributed by atoms with Crippen LogP contribution in [0.3, 0.4) is 0 Å². The summed E-state index contributed by atoms with van der Waals surface area (Å²) in [5, 5.41) is 0. The zero-order valence-corrected chi connectivity index (χ0v) is 18.5. The Labute approximate surface area is 194 Å². The second-order valence-electron chi connectivity index (χ2n) is 7.31. The van der Waals surface area contributed by atoms with Crippen molar-refractivity contribution in [3.05, 3.63) is 125 Å². The summed E-state index contributed by atoms with van der Waals surface area (Å²) >= 11 is 0. The third-order valence-corrected chi connectivity index (χ3v) is 8.33. The molecule has 0 saturated carbocycles. The molecule has 174 valence electrons. The van der Waals surface area contributed by atoms with Gasteiger partial charge in [-0.1, -0.05) is 54.1 Å². The average Bonchev–Trinajstić information content (AvgIpc) is 2.86. The summed E-state index contributed by atoms with van der Waals surface area (Å²) < 4.78 is 76.0. The summed E-state index contributed by atoms with van der Waals surface area (Å²) in [5.74, 6) is -13.0. The van der Waals surface area contributed by atoms with Gasteiger partial charge < -0.3 is 4.18 Å². The van der Waals surface area contributed by atoms with E-state index in [0.717, 1.165) is 5.56 Å². The molecule has 0 amide bonds. The zero-order valence-electron chi connectivity index (χ0n) is 17.7. The van der Waals surface area contributed by atoms with Crippen LogP contribution in [0.25, 0.3) is 0 Å². The number of carbonyl (C=O) groups excluding carboxylic acids is 1. The standard InChI is InChI=1S/C26H17F5O2S/c1-16-12-14-19(15-13-16)34(17-8-4-2-5-9-17,18-10-6-3-7-11-18)33-26(32)20-21(27)23(29)25(31)24(30)22(20)28/h2-15H,1H3. The monoisotopic (exact) mass is 488 g/mol. The van der Waals surface area contributed by atoms with Crippen molar-refractivity contribution in [3.8, 4) is 0 Å². The van der Waals surface area contributed by atoms with E-state index in [-0.39, 0.29) is 0 Å². The van der Waals surface area contributed by atoms with Gasteiger partial charge in [-0.2, -0.15) is 0 Å². The lowest BCUT2D eigenvalue weighted by Crippen LogP contribution is -2.18. The maximum absolute atomic E-state index is 14.5. The van der Waals surface area contributed by atoms with Crippen LogP contribution in [0.15, 0.2) is 99.6 Å². The van der Waals surface area contributed by atoms with Gasteiger partial charge in [-0.25, -0.2) is 26.7 Å². The van der Waals surface area contributed by atoms with Gasteiger partial charge in [0.15, 0.2) is 23.3 Å². The molecule has 2 nitrogen and oxygen atoms in total. The number of rotatable bonds is 5. The van der Waals surface area contributed by atoms with E-state index >= 15 is 0 Å². The number of aryl methyl sites for hydroxylation is 1. The molecule has 0 fully saturated rings. The quantitative estimate of drug-likeness (QED) is 0.163. The SMILES string of the molecule is Cc1ccc(S(OC(=O)c2c(F)c(F)c(F)c(F)c2F)(c2ccccc2)c2ccccc2)cc1. The number of benzene rings is 4. The van der Waals surface area contributed by atoms with Gasteiger partial charge >= 0.3 is 5.97 Å². The third-order valence-electron chi connectivity index (χ3n) is 5.12. The van der Waals surface area contributed by atoms with Crippen LogP contribution in [0.4, 0.5) is 22.0 Å². The fourth-order valence-corrected chi connectivity index (χ4v) is 6.46. The molecule has 0 aliphatic carbocycles. The molecule has 0 atom stereocenters. The topological polar surface area (TPSA) is 26.3 Å². The van der Waals surface area contributed by atoms with Crippen molar-refractivity contribution in [1.82, 2.24) is 0 Å². The Bertz CT molecular complexity index is 1270. The van der Waals surface area contributed by atoms with Crippen molar-refractivity contribution >= 4 is 16.3 Å². The van der Waals surface area contributed by atoms with E-state index in [2.05, 4.69) is 0 Å². The number of carbonyl (C=O) groups is 1. The normalized spacial score (nSPS) is 11.8. The van der Waals surface area contributed by atoms with Gasteiger partial charge in [-0.05, 0) is 53.6 Å². The fourth-order valence-electron chi connectivity index (χ4n) is 3.45. The maximum atomic E-state index is 14.5. The molecule has 4 aromatic carbocycles. The second-order valence-corrected chi connectivity index (χ2v) is 10.0. The van der Waals surface area contributed by atoms with Crippen LogP contribution in [0.5, 0.6) is 0 Å². The number of halogens is 5. The molecule has 0 aliphatic heterocycles.